The van der Waals surface area contributed by atoms with E-state index in [0.717, 1.165) is 11.1 Å². The maximum atomic E-state index is 12.2. The molecular formula is C28H22N2O2-2. The molecular weight excluding hydrogens is 396 g/mol. The molecule has 0 radical (unpaired) electrons. The van der Waals surface area contributed by atoms with E-state index in [2.05, 4.69) is 0 Å². The summed E-state index contributed by atoms with van der Waals surface area (Å²) in [5, 5.41) is 24.4. The van der Waals surface area contributed by atoms with Crippen molar-refractivity contribution in [1.29, 1.82) is 0 Å². The third-order valence-corrected chi connectivity index (χ3v) is 5.17. The van der Waals surface area contributed by atoms with Crippen molar-refractivity contribution in [2.24, 2.45) is 9.98 Å². The normalized spacial score (nSPS) is 13.4. The van der Waals surface area contributed by atoms with Gasteiger partial charge in [0.1, 0.15) is 12.1 Å². The summed E-state index contributed by atoms with van der Waals surface area (Å²) in [7, 11) is 0. The first-order valence-corrected chi connectivity index (χ1v) is 10.4. The van der Waals surface area contributed by atoms with Crippen molar-refractivity contribution in [3.8, 4) is 11.5 Å². The number of para-hydroxylation sites is 2. The maximum Gasteiger partial charge on any atom is 0.101 e. The van der Waals surface area contributed by atoms with Gasteiger partial charge in [0.05, 0.1) is 0 Å². The molecule has 2 atom stereocenters. The van der Waals surface area contributed by atoms with Crippen LogP contribution in [0.3, 0.4) is 0 Å². The van der Waals surface area contributed by atoms with Crippen molar-refractivity contribution >= 4 is 12.4 Å². The third kappa shape index (κ3) is 5.10. The Hall–Kier alpha value is -4.18. The monoisotopic (exact) mass is 418 g/mol. The van der Waals surface area contributed by atoms with Gasteiger partial charge in [-0.15, -0.1) is 11.5 Å². The molecule has 0 saturated heterocycles. The summed E-state index contributed by atoms with van der Waals surface area (Å²) in [6.45, 7) is 0. The standard InChI is InChI=1S/C28H24N2O2/c31-25-17-9-7-15-23(25)19-29-27(21-11-3-1-4-12-21)28(22-13-5-2-6-14-22)30-20-24-16-8-10-18-26(24)32/h1-20,27-28,31-32H/p-2/t27-,28+. The van der Waals surface area contributed by atoms with E-state index in [1.807, 2.05) is 72.8 Å². The lowest BCUT2D eigenvalue weighted by molar-refractivity contribution is -0.269. The second-order valence-corrected chi connectivity index (χ2v) is 7.34. The van der Waals surface area contributed by atoms with E-state index < -0.39 is 0 Å². The van der Waals surface area contributed by atoms with Gasteiger partial charge in [0, 0.05) is 12.4 Å². The molecule has 4 nitrogen and oxygen atoms in total. The van der Waals surface area contributed by atoms with Gasteiger partial charge in [-0.2, -0.15) is 0 Å². The van der Waals surface area contributed by atoms with E-state index in [0.29, 0.717) is 11.1 Å². The van der Waals surface area contributed by atoms with Gasteiger partial charge in [-0.05, 0) is 22.3 Å². The topological polar surface area (TPSA) is 70.8 Å². The molecule has 0 aromatic heterocycles. The largest absolute Gasteiger partial charge is 0.872 e. The number of aliphatic imine (C=N–C) groups is 2. The molecule has 32 heavy (non-hydrogen) atoms. The zero-order valence-electron chi connectivity index (χ0n) is 17.4. The fourth-order valence-corrected chi connectivity index (χ4v) is 3.50. The Labute approximate surface area is 187 Å². The SMILES string of the molecule is [O-]c1ccccc1C=N[C@H](c1ccccc1)[C@@H](N=Cc1ccccc1[O-])c1ccccc1. The fourth-order valence-electron chi connectivity index (χ4n) is 3.50. The van der Waals surface area contributed by atoms with Crippen LogP contribution in [-0.4, -0.2) is 12.4 Å². The van der Waals surface area contributed by atoms with Gasteiger partial charge >= 0.3 is 0 Å². The molecule has 0 spiro atoms. The lowest BCUT2D eigenvalue weighted by atomic mass is 9.94. The molecule has 0 N–H and O–H groups in total. The first-order valence-electron chi connectivity index (χ1n) is 10.4. The minimum absolute atomic E-state index is 0.0805. The van der Waals surface area contributed by atoms with Gasteiger partial charge in [-0.1, -0.05) is 109 Å². The van der Waals surface area contributed by atoms with E-state index in [1.165, 1.54) is 12.1 Å². The predicted octanol–water partition coefficient (Wildman–Crippen LogP) is 4.85. The molecule has 0 bridgehead atoms. The number of benzene rings is 4. The van der Waals surface area contributed by atoms with Crippen LogP contribution >= 0.6 is 0 Å². The van der Waals surface area contributed by atoms with Gasteiger partial charge in [-0.3, -0.25) is 9.98 Å². The summed E-state index contributed by atoms with van der Waals surface area (Å²) in [5.41, 5.74) is 2.98. The summed E-state index contributed by atoms with van der Waals surface area (Å²) < 4.78 is 0. The van der Waals surface area contributed by atoms with Crippen LogP contribution in [0.15, 0.2) is 119 Å². The van der Waals surface area contributed by atoms with Gasteiger partial charge in [0.25, 0.3) is 0 Å². The van der Waals surface area contributed by atoms with E-state index in [-0.39, 0.29) is 23.6 Å². The Balaban J connectivity index is 1.79. The molecule has 0 heterocycles. The average molecular weight is 418 g/mol. The van der Waals surface area contributed by atoms with Crippen molar-refractivity contribution in [3.63, 3.8) is 0 Å². The lowest BCUT2D eigenvalue weighted by Gasteiger charge is -2.22. The quantitative estimate of drug-likeness (QED) is 0.402. The summed E-state index contributed by atoms with van der Waals surface area (Å²) in [4.78, 5) is 9.64. The van der Waals surface area contributed by atoms with E-state index in [1.54, 1.807) is 36.7 Å². The van der Waals surface area contributed by atoms with Crippen molar-refractivity contribution in [1.82, 2.24) is 0 Å². The summed E-state index contributed by atoms with van der Waals surface area (Å²) >= 11 is 0. The fraction of sp³-hybridized carbons (Fsp3) is 0.0714. The smallest absolute Gasteiger partial charge is 0.101 e. The highest BCUT2D eigenvalue weighted by Crippen LogP contribution is 2.35. The summed E-state index contributed by atoms with van der Waals surface area (Å²) in [6.07, 6.45) is 3.24. The Morgan fingerprint density at radius 3 is 1.19 bits per heavy atom. The Morgan fingerprint density at radius 1 is 0.469 bits per heavy atom. The maximum absolute atomic E-state index is 12.2. The number of hydrogen-bond acceptors (Lipinski definition) is 4. The first kappa shape index (κ1) is 21.1. The molecule has 4 aromatic rings. The molecule has 0 amide bonds. The Kier molecular flexibility index (Phi) is 6.73. The molecule has 4 rings (SSSR count). The van der Waals surface area contributed by atoms with Crippen LogP contribution in [0.5, 0.6) is 11.5 Å². The van der Waals surface area contributed by atoms with Crippen molar-refractivity contribution in [2.75, 3.05) is 0 Å². The zero-order chi connectivity index (χ0) is 22.2. The van der Waals surface area contributed by atoms with Crippen LogP contribution in [-0.2, 0) is 0 Å². The highest BCUT2D eigenvalue weighted by molar-refractivity contribution is 5.84. The van der Waals surface area contributed by atoms with Crippen LogP contribution in [0.4, 0.5) is 0 Å². The van der Waals surface area contributed by atoms with E-state index >= 15 is 0 Å². The summed E-state index contributed by atoms with van der Waals surface area (Å²) in [6, 6.07) is 32.6. The molecule has 0 fully saturated rings. The highest BCUT2D eigenvalue weighted by Gasteiger charge is 2.23. The minimum Gasteiger partial charge on any atom is -0.872 e. The van der Waals surface area contributed by atoms with Crippen LogP contribution in [0.1, 0.15) is 34.3 Å². The Bertz CT molecular complexity index is 1110. The number of rotatable bonds is 7. The molecule has 0 aliphatic carbocycles. The molecule has 0 aliphatic rings. The number of nitrogens with zero attached hydrogens (tertiary/aromatic N) is 2. The molecule has 0 saturated carbocycles. The molecule has 4 aromatic carbocycles. The van der Waals surface area contributed by atoms with Crippen molar-refractivity contribution < 1.29 is 10.2 Å². The van der Waals surface area contributed by atoms with E-state index in [9.17, 15) is 10.2 Å². The van der Waals surface area contributed by atoms with Gasteiger partial charge in [-0.25, -0.2) is 0 Å². The predicted molar refractivity (Wildman–Crippen MR) is 125 cm³/mol. The minimum atomic E-state index is -0.381. The van der Waals surface area contributed by atoms with Crippen LogP contribution in [0, 0.1) is 0 Å². The van der Waals surface area contributed by atoms with Crippen LogP contribution < -0.4 is 10.2 Å². The van der Waals surface area contributed by atoms with Crippen LogP contribution in [0.2, 0.25) is 0 Å². The van der Waals surface area contributed by atoms with Crippen LogP contribution in [0.25, 0.3) is 0 Å². The second kappa shape index (κ2) is 10.2. The second-order valence-electron chi connectivity index (χ2n) is 7.34. The lowest BCUT2D eigenvalue weighted by Crippen LogP contribution is -2.10. The zero-order valence-corrected chi connectivity index (χ0v) is 17.4. The average Bonchev–Trinajstić information content (AvgIpc) is 2.84. The molecule has 0 aliphatic heterocycles. The first-order chi connectivity index (χ1) is 15.7. The van der Waals surface area contributed by atoms with Gasteiger partial charge < -0.3 is 10.2 Å². The molecule has 158 valence electrons. The molecule has 4 heteroatoms. The number of hydrogen-bond donors (Lipinski definition) is 0. The van der Waals surface area contributed by atoms with Crippen molar-refractivity contribution in [2.45, 2.75) is 12.1 Å². The highest BCUT2D eigenvalue weighted by atomic mass is 16.3. The Morgan fingerprint density at radius 2 is 0.812 bits per heavy atom. The third-order valence-electron chi connectivity index (χ3n) is 5.17. The van der Waals surface area contributed by atoms with E-state index in [4.69, 9.17) is 9.98 Å². The van der Waals surface area contributed by atoms with Gasteiger partial charge in [0.2, 0.25) is 0 Å². The summed E-state index contributed by atoms with van der Waals surface area (Å²) in [5.74, 6) is -0.161. The molecule has 0 unspecified atom stereocenters. The van der Waals surface area contributed by atoms with Gasteiger partial charge in [0.15, 0.2) is 0 Å². The van der Waals surface area contributed by atoms with Crippen molar-refractivity contribution in [3.05, 3.63) is 131 Å².